The molecule has 2 N–H and O–H groups in total. The molecule has 0 aliphatic carbocycles. The summed E-state index contributed by atoms with van der Waals surface area (Å²) in [7, 11) is 0. The van der Waals surface area contributed by atoms with Crippen LogP contribution >= 0.6 is 11.3 Å². The lowest BCUT2D eigenvalue weighted by atomic mass is 10.3. The second-order valence-electron chi connectivity index (χ2n) is 5.31. The van der Waals surface area contributed by atoms with Crippen molar-refractivity contribution in [3.63, 3.8) is 0 Å². The number of aromatic nitrogens is 1. The van der Waals surface area contributed by atoms with E-state index in [4.69, 9.17) is 4.74 Å². The number of ether oxygens (including phenoxy) is 1. The number of benzene rings is 1. The van der Waals surface area contributed by atoms with Gasteiger partial charge in [0.1, 0.15) is 5.75 Å². The van der Waals surface area contributed by atoms with Crippen LogP contribution in [0.1, 0.15) is 13.3 Å². The topological polar surface area (TPSA) is 74.7 Å². The van der Waals surface area contributed by atoms with Crippen LogP contribution in [0.5, 0.6) is 5.75 Å². The molecule has 1 atom stereocenters. The summed E-state index contributed by atoms with van der Waals surface area (Å²) in [5.74, 6) is 0.709. The fraction of sp³-hybridized carbons (Fsp3) is 0.467. The minimum absolute atomic E-state index is 0.0989. The van der Waals surface area contributed by atoms with E-state index in [0.29, 0.717) is 18.3 Å². The predicted molar refractivity (Wildman–Crippen MR) is 86.5 cm³/mol. The number of nitrogens with zero attached hydrogens (tertiary/aromatic N) is 2. The van der Waals surface area contributed by atoms with Crippen molar-refractivity contribution in [3.05, 3.63) is 18.2 Å². The molecule has 0 saturated carbocycles. The van der Waals surface area contributed by atoms with Crippen LogP contribution in [-0.2, 0) is 4.79 Å². The minimum atomic E-state index is -0.313. The van der Waals surface area contributed by atoms with Crippen LogP contribution in [0.4, 0.5) is 5.13 Å². The van der Waals surface area contributed by atoms with Crippen molar-refractivity contribution in [3.8, 4) is 5.75 Å². The van der Waals surface area contributed by atoms with E-state index in [-0.39, 0.29) is 18.6 Å². The van der Waals surface area contributed by atoms with Crippen molar-refractivity contribution >= 4 is 32.6 Å². The molecule has 1 aliphatic heterocycles. The summed E-state index contributed by atoms with van der Waals surface area (Å²) >= 11 is 1.43. The number of aliphatic hydroxyl groups excluding tert-OH is 1. The van der Waals surface area contributed by atoms with Crippen LogP contribution in [0.15, 0.2) is 18.2 Å². The van der Waals surface area contributed by atoms with Crippen LogP contribution in [0.25, 0.3) is 10.2 Å². The number of amides is 1. The van der Waals surface area contributed by atoms with Gasteiger partial charge in [-0.15, -0.1) is 0 Å². The molecule has 0 spiro atoms. The van der Waals surface area contributed by atoms with Gasteiger partial charge in [-0.2, -0.15) is 0 Å². The zero-order valence-corrected chi connectivity index (χ0v) is 13.2. The van der Waals surface area contributed by atoms with Crippen molar-refractivity contribution < 1.29 is 14.6 Å². The summed E-state index contributed by atoms with van der Waals surface area (Å²) in [5.41, 5.74) is 0.848. The van der Waals surface area contributed by atoms with E-state index in [0.717, 1.165) is 28.9 Å². The van der Waals surface area contributed by atoms with Gasteiger partial charge in [0.2, 0.25) is 5.91 Å². The largest absolute Gasteiger partial charge is 0.494 e. The monoisotopic (exact) mass is 321 g/mol. The first-order chi connectivity index (χ1) is 10.6. The van der Waals surface area contributed by atoms with E-state index < -0.39 is 0 Å². The lowest BCUT2D eigenvalue weighted by Gasteiger charge is -2.13. The van der Waals surface area contributed by atoms with Crippen LogP contribution < -0.4 is 10.1 Å². The van der Waals surface area contributed by atoms with Gasteiger partial charge in [0.15, 0.2) is 5.13 Å². The molecule has 0 unspecified atom stereocenters. The molecule has 2 heterocycles. The molecule has 3 rings (SSSR count). The molecule has 1 amide bonds. The predicted octanol–water partition coefficient (Wildman–Crippen LogP) is 1.70. The van der Waals surface area contributed by atoms with Gasteiger partial charge in [0, 0.05) is 13.1 Å². The van der Waals surface area contributed by atoms with Gasteiger partial charge < -0.3 is 15.2 Å². The molecule has 118 valence electrons. The summed E-state index contributed by atoms with van der Waals surface area (Å²) < 4.78 is 6.45. The Morgan fingerprint density at radius 2 is 2.45 bits per heavy atom. The minimum Gasteiger partial charge on any atom is -0.494 e. The maximum Gasteiger partial charge on any atom is 0.240 e. The standard InChI is InChI=1S/C15H19N3O3S/c1-2-21-11-3-4-12-13(7-11)22-15(16-12)17-14(20)9-18-6-5-10(19)8-18/h3-4,7,10,19H,2,5-6,8-9H2,1H3,(H,16,17,20)/t10-/m1/s1. The number of nitrogens with one attached hydrogen (secondary N) is 1. The lowest BCUT2D eigenvalue weighted by molar-refractivity contribution is -0.117. The Balaban J connectivity index is 1.64. The summed E-state index contributed by atoms with van der Waals surface area (Å²) in [5, 5.41) is 12.9. The Labute approximate surface area is 132 Å². The molecule has 2 aromatic rings. The number of β-amino-alcohol motifs (C(OH)–C–C–N with tert-alkyl or cyclic N) is 1. The first-order valence-electron chi connectivity index (χ1n) is 7.37. The van der Waals surface area contributed by atoms with Crippen molar-refractivity contribution in [1.82, 2.24) is 9.88 Å². The van der Waals surface area contributed by atoms with Crippen LogP contribution in [0.3, 0.4) is 0 Å². The number of hydrogen-bond donors (Lipinski definition) is 2. The van der Waals surface area contributed by atoms with Crippen LogP contribution in [0.2, 0.25) is 0 Å². The number of rotatable bonds is 5. The summed E-state index contributed by atoms with van der Waals surface area (Å²) in [6, 6.07) is 5.70. The van der Waals surface area contributed by atoms with Crippen molar-refractivity contribution in [2.45, 2.75) is 19.4 Å². The first-order valence-corrected chi connectivity index (χ1v) is 8.19. The highest BCUT2D eigenvalue weighted by molar-refractivity contribution is 7.22. The Bertz CT molecular complexity index is 673. The molecule has 1 aromatic carbocycles. The first kappa shape index (κ1) is 15.2. The highest BCUT2D eigenvalue weighted by Gasteiger charge is 2.22. The van der Waals surface area contributed by atoms with Gasteiger partial charge in [-0.25, -0.2) is 4.98 Å². The van der Waals surface area contributed by atoms with Crippen molar-refractivity contribution in [2.24, 2.45) is 0 Å². The molecule has 1 aromatic heterocycles. The van der Waals surface area contributed by atoms with E-state index in [2.05, 4.69) is 10.3 Å². The van der Waals surface area contributed by atoms with Gasteiger partial charge in [-0.1, -0.05) is 11.3 Å². The van der Waals surface area contributed by atoms with E-state index in [1.165, 1.54) is 11.3 Å². The van der Waals surface area contributed by atoms with Crippen LogP contribution in [0, 0.1) is 0 Å². The maximum absolute atomic E-state index is 12.0. The van der Waals surface area contributed by atoms with Crippen molar-refractivity contribution in [2.75, 3.05) is 31.6 Å². The number of likely N-dealkylation sites (tertiary alicyclic amines) is 1. The number of aliphatic hydroxyl groups is 1. The second kappa shape index (κ2) is 6.60. The van der Waals surface area contributed by atoms with E-state index >= 15 is 0 Å². The highest BCUT2D eigenvalue weighted by atomic mass is 32.1. The zero-order chi connectivity index (χ0) is 15.5. The van der Waals surface area contributed by atoms with Gasteiger partial charge in [-0.3, -0.25) is 9.69 Å². The fourth-order valence-corrected chi connectivity index (χ4v) is 3.44. The third-order valence-electron chi connectivity index (χ3n) is 3.53. The van der Waals surface area contributed by atoms with E-state index in [1.54, 1.807) is 0 Å². The highest BCUT2D eigenvalue weighted by Crippen LogP contribution is 2.29. The average molecular weight is 321 g/mol. The third-order valence-corrected chi connectivity index (χ3v) is 4.47. The number of carbonyl (C=O) groups excluding carboxylic acids is 1. The van der Waals surface area contributed by atoms with E-state index in [1.807, 2.05) is 30.0 Å². The molecule has 1 fully saturated rings. The molecule has 22 heavy (non-hydrogen) atoms. The molecular formula is C15H19N3O3S. The lowest BCUT2D eigenvalue weighted by Crippen LogP contribution is -2.32. The summed E-state index contributed by atoms with van der Waals surface area (Å²) in [6.45, 7) is 4.17. The molecule has 7 heteroatoms. The molecule has 0 bridgehead atoms. The number of anilines is 1. The SMILES string of the molecule is CCOc1ccc2nc(NC(=O)CN3CC[C@@H](O)C3)sc2c1. The van der Waals surface area contributed by atoms with Gasteiger partial charge in [0.25, 0.3) is 0 Å². The third kappa shape index (κ3) is 3.55. The Morgan fingerprint density at radius 3 is 3.18 bits per heavy atom. The van der Waals surface area contributed by atoms with Gasteiger partial charge in [0.05, 0.1) is 29.5 Å². The Hall–Kier alpha value is -1.70. The molecular weight excluding hydrogens is 302 g/mol. The van der Waals surface area contributed by atoms with Gasteiger partial charge in [-0.05, 0) is 31.5 Å². The Morgan fingerprint density at radius 1 is 1.59 bits per heavy atom. The maximum atomic E-state index is 12.0. The fourth-order valence-electron chi connectivity index (χ4n) is 2.53. The number of carbonyl (C=O) groups is 1. The number of thiazole rings is 1. The zero-order valence-electron chi connectivity index (χ0n) is 12.4. The molecule has 1 saturated heterocycles. The average Bonchev–Trinajstić information content (AvgIpc) is 3.04. The second-order valence-corrected chi connectivity index (χ2v) is 6.34. The Kier molecular flexibility index (Phi) is 4.56. The number of hydrogen-bond acceptors (Lipinski definition) is 6. The molecule has 1 aliphatic rings. The summed E-state index contributed by atoms with van der Waals surface area (Å²) in [6.07, 6.45) is 0.418. The molecule has 0 radical (unpaired) electrons. The number of fused-ring (bicyclic) bond motifs is 1. The molecule has 6 nitrogen and oxygen atoms in total. The quantitative estimate of drug-likeness (QED) is 0.877. The summed E-state index contributed by atoms with van der Waals surface area (Å²) in [4.78, 5) is 18.4. The van der Waals surface area contributed by atoms with Crippen LogP contribution in [-0.4, -0.2) is 53.2 Å². The normalized spacial score (nSPS) is 18.7. The van der Waals surface area contributed by atoms with Crippen molar-refractivity contribution in [1.29, 1.82) is 0 Å². The van der Waals surface area contributed by atoms with E-state index in [9.17, 15) is 9.90 Å². The smallest absolute Gasteiger partial charge is 0.240 e. The van der Waals surface area contributed by atoms with Gasteiger partial charge >= 0.3 is 0 Å².